The van der Waals surface area contributed by atoms with E-state index in [1.807, 2.05) is 75.8 Å². The zero-order chi connectivity index (χ0) is 17.0. The maximum absolute atomic E-state index is 9.72. The molecule has 0 amide bonds. The summed E-state index contributed by atoms with van der Waals surface area (Å²) >= 11 is 6.17. The van der Waals surface area contributed by atoms with Gasteiger partial charge in [-0.15, -0.1) is 0 Å². The number of benzene rings is 1. The minimum atomic E-state index is 0.643. The Bertz CT molecular complexity index is 1320. The Labute approximate surface area is 148 Å². The molecule has 0 aliphatic carbocycles. The van der Waals surface area contributed by atoms with E-state index in [1.165, 1.54) is 0 Å². The molecule has 4 aromatic heterocycles. The summed E-state index contributed by atoms with van der Waals surface area (Å²) in [5, 5.41) is 11.3. The predicted molar refractivity (Wildman–Crippen MR) is 98.8 cm³/mol. The van der Waals surface area contributed by atoms with Crippen LogP contribution in [0.3, 0.4) is 0 Å². The molecule has 0 aliphatic heterocycles. The van der Waals surface area contributed by atoms with Gasteiger partial charge in [0.05, 0.1) is 22.0 Å². The number of nitrogens with zero attached hydrogens (tertiary/aromatic N) is 4. The normalized spacial score (nSPS) is 11.4. The molecule has 1 aromatic carbocycles. The molecule has 0 saturated carbocycles. The van der Waals surface area contributed by atoms with E-state index in [4.69, 9.17) is 16.6 Å². The number of rotatable bonds is 1. The van der Waals surface area contributed by atoms with Gasteiger partial charge in [0.15, 0.2) is 0 Å². The van der Waals surface area contributed by atoms with Crippen molar-refractivity contribution in [2.45, 2.75) is 0 Å². The molecule has 118 valence electrons. The largest absolute Gasteiger partial charge is 0.300 e. The summed E-state index contributed by atoms with van der Waals surface area (Å²) < 4.78 is 3.98. The van der Waals surface area contributed by atoms with E-state index < -0.39 is 0 Å². The van der Waals surface area contributed by atoms with Crippen molar-refractivity contribution in [1.29, 1.82) is 5.26 Å². The summed E-state index contributed by atoms with van der Waals surface area (Å²) in [5.41, 5.74) is 4.16. The average Bonchev–Trinajstić information content (AvgIpc) is 3.23. The molecule has 0 saturated heterocycles. The fraction of sp³-hybridized carbons (Fsp3) is 0. The maximum atomic E-state index is 9.72. The molecule has 0 unspecified atom stereocenters. The molecule has 0 bridgehead atoms. The second-order valence-electron chi connectivity index (χ2n) is 5.85. The summed E-state index contributed by atoms with van der Waals surface area (Å²) in [6, 6.07) is 19.8. The van der Waals surface area contributed by atoms with Gasteiger partial charge in [0.1, 0.15) is 17.5 Å². The second-order valence-corrected chi connectivity index (χ2v) is 6.29. The van der Waals surface area contributed by atoms with Gasteiger partial charge in [0.25, 0.3) is 0 Å². The van der Waals surface area contributed by atoms with Crippen LogP contribution in [0.1, 0.15) is 5.56 Å². The highest BCUT2D eigenvalue weighted by atomic mass is 35.5. The lowest BCUT2D eigenvalue weighted by molar-refractivity contribution is 1.11. The second kappa shape index (κ2) is 5.10. The van der Waals surface area contributed by atoms with E-state index in [0.29, 0.717) is 10.6 Å². The number of hydrogen-bond acceptors (Lipinski definition) is 2. The fourth-order valence-electron chi connectivity index (χ4n) is 3.41. The fourth-order valence-corrected chi connectivity index (χ4v) is 3.60. The molecule has 0 aliphatic rings. The molecule has 4 heterocycles. The molecule has 5 rings (SSSR count). The SMILES string of the molecule is N#Cc1c2c3cccn3c(-c3cccc(Cl)c3)nc2n2ccccc12. The van der Waals surface area contributed by atoms with Crippen LogP contribution in [0.5, 0.6) is 0 Å². The molecule has 5 aromatic rings. The van der Waals surface area contributed by atoms with Crippen molar-refractivity contribution in [3.63, 3.8) is 0 Å². The van der Waals surface area contributed by atoms with E-state index in [2.05, 4.69) is 6.07 Å². The van der Waals surface area contributed by atoms with Crippen LogP contribution in [-0.2, 0) is 0 Å². The van der Waals surface area contributed by atoms with Gasteiger partial charge < -0.3 is 4.40 Å². The highest BCUT2D eigenvalue weighted by molar-refractivity contribution is 6.30. The minimum absolute atomic E-state index is 0.643. The zero-order valence-corrected chi connectivity index (χ0v) is 13.8. The van der Waals surface area contributed by atoms with Crippen LogP contribution in [-0.4, -0.2) is 13.8 Å². The van der Waals surface area contributed by atoms with Crippen molar-refractivity contribution in [2.24, 2.45) is 0 Å². The van der Waals surface area contributed by atoms with E-state index in [1.54, 1.807) is 0 Å². The lowest BCUT2D eigenvalue weighted by Gasteiger charge is -2.08. The van der Waals surface area contributed by atoms with Crippen LogP contribution in [0.25, 0.3) is 33.5 Å². The monoisotopic (exact) mass is 342 g/mol. The third-order valence-electron chi connectivity index (χ3n) is 4.46. The first-order chi connectivity index (χ1) is 12.3. The van der Waals surface area contributed by atoms with Gasteiger partial charge in [0, 0.05) is 23.0 Å². The zero-order valence-electron chi connectivity index (χ0n) is 13.0. The van der Waals surface area contributed by atoms with Crippen molar-refractivity contribution in [2.75, 3.05) is 0 Å². The lowest BCUT2D eigenvalue weighted by atomic mass is 10.1. The first-order valence-corrected chi connectivity index (χ1v) is 8.21. The topological polar surface area (TPSA) is 45.5 Å². The Morgan fingerprint density at radius 2 is 1.76 bits per heavy atom. The van der Waals surface area contributed by atoms with Crippen LogP contribution in [0.4, 0.5) is 0 Å². The summed E-state index contributed by atoms with van der Waals surface area (Å²) in [5.74, 6) is 0.794. The summed E-state index contributed by atoms with van der Waals surface area (Å²) in [6.07, 6.45) is 3.90. The Kier molecular flexibility index (Phi) is 2.87. The highest BCUT2D eigenvalue weighted by Crippen LogP contribution is 2.32. The predicted octanol–water partition coefficient (Wildman–Crippen LogP) is 4.93. The van der Waals surface area contributed by atoms with Crippen LogP contribution < -0.4 is 0 Å². The summed E-state index contributed by atoms with van der Waals surface area (Å²) in [7, 11) is 0. The number of pyridine rings is 1. The van der Waals surface area contributed by atoms with Gasteiger partial charge in [-0.05, 0) is 36.4 Å². The van der Waals surface area contributed by atoms with Gasteiger partial charge in [-0.2, -0.15) is 5.26 Å². The van der Waals surface area contributed by atoms with Crippen molar-refractivity contribution < 1.29 is 0 Å². The van der Waals surface area contributed by atoms with Crippen LogP contribution in [0.15, 0.2) is 67.0 Å². The Morgan fingerprint density at radius 3 is 2.60 bits per heavy atom. The first kappa shape index (κ1) is 14.1. The number of fused-ring (bicyclic) bond motifs is 5. The number of halogens is 1. The number of hydrogen-bond donors (Lipinski definition) is 0. The maximum Gasteiger partial charge on any atom is 0.150 e. The molecule has 0 fully saturated rings. The molecular weight excluding hydrogens is 332 g/mol. The van der Waals surface area contributed by atoms with Crippen LogP contribution in [0, 0.1) is 11.3 Å². The van der Waals surface area contributed by atoms with Gasteiger partial charge in [-0.1, -0.05) is 29.8 Å². The third-order valence-corrected chi connectivity index (χ3v) is 4.69. The molecule has 0 radical (unpaired) electrons. The van der Waals surface area contributed by atoms with E-state index in [9.17, 15) is 5.26 Å². The van der Waals surface area contributed by atoms with Crippen molar-refractivity contribution >= 4 is 33.7 Å². The smallest absolute Gasteiger partial charge is 0.150 e. The van der Waals surface area contributed by atoms with Crippen LogP contribution in [0.2, 0.25) is 5.02 Å². The average molecular weight is 343 g/mol. The summed E-state index contributed by atoms with van der Waals surface area (Å²) in [6.45, 7) is 0. The highest BCUT2D eigenvalue weighted by Gasteiger charge is 2.18. The van der Waals surface area contributed by atoms with E-state index >= 15 is 0 Å². The lowest BCUT2D eigenvalue weighted by Crippen LogP contribution is -1.97. The molecule has 5 heteroatoms. The van der Waals surface area contributed by atoms with Gasteiger partial charge in [-0.3, -0.25) is 4.40 Å². The third kappa shape index (κ3) is 1.90. The van der Waals surface area contributed by atoms with Crippen molar-refractivity contribution in [3.8, 4) is 17.5 Å². The van der Waals surface area contributed by atoms with Gasteiger partial charge in [0.2, 0.25) is 0 Å². The number of nitriles is 1. The molecule has 25 heavy (non-hydrogen) atoms. The van der Waals surface area contributed by atoms with Crippen LogP contribution >= 0.6 is 11.6 Å². The summed E-state index contributed by atoms with van der Waals surface area (Å²) in [4.78, 5) is 4.90. The minimum Gasteiger partial charge on any atom is -0.300 e. The van der Waals surface area contributed by atoms with Gasteiger partial charge in [-0.25, -0.2) is 4.98 Å². The van der Waals surface area contributed by atoms with Crippen molar-refractivity contribution in [3.05, 3.63) is 77.6 Å². The Balaban J connectivity index is 2.03. The van der Waals surface area contributed by atoms with E-state index in [-0.39, 0.29) is 0 Å². The first-order valence-electron chi connectivity index (χ1n) is 7.84. The van der Waals surface area contributed by atoms with Crippen molar-refractivity contribution in [1.82, 2.24) is 13.8 Å². The molecular formula is C20H11ClN4. The molecule has 0 spiro atoms. The Morgan fingerprint density at radius 1 is 0.920 bits per heavy atom. The van der Waals surface area contributed by atoms with E-state index in [0.717, 1.165) is 33.5 Å². The Hall–Kier alpha value is -3.29. The molecule has 0 N–H and O–H groups in total. The number of aromatic nitrogens is 3. The quantitative estimate of drug-likeness (QED) is 0.433. The standard InChI is InChI=1S/C20H11ClN4/c21-14-6-3-5-13(11-14)19-23-20-18(17-8-4-10-25(17)19)15(12-22)16-7-1-2-9-24(16)20/h1-11H. The van der Waals surface area contributed by atoms with Gasteiger partial charge >= 0.3 is 0 Å². The molecule has 0 atom stereocenters. The molecule has 4 nitrogen and oxygen atoms in total.